The maximum atomic E-state index is 5.52. The van der Waals surface area contributed by atoms with Gasteiger partial charge < -0.3 is 15.4 Å². The van der Waals surface area contributed by atoms with E-state index >= 15 is 0 Å². The Labute approximate surface area is 174 Å². The minimum atomic E-state index is 0. The van der Waals surface area contributed by atoms with Crippen LogP contribution in [0.3, 0.4) is 0 Å². The third-order valence-electron chi connectivity index (χ3n) is 4.66. The largest absolute Gasteiger partial charge is 0.381 e. The summed E-state index contributed by atoms with van der Waals surface area (Å²) in [6.45, 7) is 10.6. The summed E-state index contributed by atoms with van der Waals surface area (Å²) in [5.74, 6) is 0.900. The minimum Gasteiger partial charge on any atom is -0.381 e. The van der Waals surface area contributed by atoms with Gasteiger partial charge in [0.2, 0.25) is 0 Å². The average Bonchev–Trinajstić information content (AvgIpc) is 2.59. The highest BCUT2D eigenvalue weighted by Gasteiger charge is 2.31. The van der Waals surface area contributed by atoms with E-state index in [0.29, 0.717) is 6.54 Å². The molecule has 1 aliphatic heterocycles. The summed E-state index contributed by atoms with van der Waals surface area (Å²) in [6, 6.07) is 6.55. The van der Waals surface area contributed by atoms with Gasteiger partial charge in [0.1, 0.15) is 0 Å². The summed E-state index contributed by atoms with van der Waals surface area (Å²) in [4.78, 5) is 4.78. The van der Waals surface area contributed by atoms with Crippen LogP contribution in [0.1, 0.15) is 36.5 Å². The van der Waals surface area contributed by atoms with Crippen LogP contribution in [0.15, 0.2) is 23.2 Å². The van der Waals surface area contributed by atoms with Crippen molar-refractivity contribution < 1.29 is 4.74 Å². The Morgan fingerprint density at radius 1 is 1.24 bits per heavy atom. The van der Waals surface area contributed by atoms with Crippen molar-refractivity contribution in [1.29, 1.82) is 0 Å². The topological polar surface area (TPSA) is 45.7 Å². The number of halogens is 1. The van der Waals surface area contributed by atoms with E-state index in [1.54, 1.807) is 0 Å². The quantitative estimate of drug-likeness (QED) is 0.371. The van der Waals surface area contributed by atoms with Crippen molar-refractivity contribution in [3.63, 3.8) is 0 Å². The zero-order chi connectivity index (χ0) is 17.4. The molecule has 25 heavy (non-hydrogen) atoms. The van der Waals surface area contributed by atoms with Crippen molar-refractivity contribution in [2.45, 2.75) is 44.9 Å². The predicted octanol–water partition coefficient (Wildman–Crippen LogP) is 3.89. The number of ether oxygens (including phenoxy) is 1. The SMILES string of the molecule is CCNC(=NCc1ccc(C)cc1C)NCC1(SC)CCOCC1.I. The molecule has 0 saturated carbocycles. The predicted molar refractivity (Wildman–Crippen MR) is 120 cm³/mol. The van der Waals surface area contributed by atoms with Gasteiger partial charge in [-0.2, -0.15) is 11.8 Å². The van der Waals surface area contributed by atoms with Gasteiger partial charge in [-0.1, -0.05) is 23.8 Å². The molecule has 1 saturated heterocycles. The number of rotatable bonds is 6. The number of aryl methyl sites for hydroxylation is 2. The summed E-state index contributed by atoms with van der Waals surface area (Å²) in [7, 11) is 0. The van der Waals surface area contributed by atoms with Gasteiger partial charge in [-0.15, -0.1) is 24.0 Å². The third kappa shape index (κ3) is 6.98. The fourth-order valence-corrected chi connectivity index (χ4v) is 3.76. The van der Waals surface area contributed by atoms with Crippen molar-refractivity contribution in [3.8, 4) is 0 Å². The zero-order valence-corrected chi connectivity index (χ0v) is 19.0. The highest BCUT2D eigenvalue weighted by atomic mass is 127. The first-order valence-corrected chi connectivity index (χ1v) is 10.0. The van der Waals surface area contributed by atoms with Crippen LogP contribution in [-0.2, 0) is 11.3 Å². The van der Waals surface area contributed by atoms with Crippen LogP contribution < -0.4 is 10.6 Å². The van der Waals surface area contributed by atoms with E-state index in [0.717, 1.165) is 45.1 Å². The van der Waals surface area contributed by atoms with Crippen LogP contribution in [0.4, 0.5) is 0 Å². The maximum absolute atomic E-state index is 5.52. The van der Waals surface area contributed by atoms with Crippen molar-refractivity contribution in [2.75, 3.05) is 32.6 Å². The monoisotopic (exact) mass is 477 g/mol. The first-order chi connectivity index (χ1) is 11.6. The fraction of sp³-hybridized carbons (Fsp3) is 0.632. The highest BCUT2D eigenvalue weighted by molar-refractivity contribution is 14.0. The average molecular weight is 477 g/mol. The molecule has 1 aliphatic rings. The normalized spacial score (nSPS) is 16.9. The van der Waals surface area contributed by atoms with Gasteiger partial charge in [0, 0.05) is 31.1 Å². The van der Waals surface area contributed by atoms with Gasteiger partial charge in [-0.3, -0.25) is 0 Å². The number of hydrogen-bond acceptors (Lipinski definition) is 3. The lowest BCUT2D eigenvalue weighted by Gasteiger charge is -2.36. The number of nitrogens with one attached hydrogen (secondary N) is 2. The molecule has 0 aromatic heterocycles. The lowest BCUT2D eigenvalue weighted by molar-refractivity contribution is 0.0783. The lowest BCUT2D eigenvalue weighted by Crippen LogP contribution is -2.47. The summed E-state index contributed by atoms with van der Waals surface area (Å²) < 4.78 is 5.78. The Balaban J connectivity index is 0.00000312. The van der Waals surface area contributed by atoms with Gasteiger partial charge in [0.15, 0.2) is 5.96 Å². The van der Waals surface area contributed by atoms with Gasteiger partial charge in [0.05, 0.1) is 6.54 Å². The molecule has 1 fully saturated rings. The lowest BCUT2D eigenvalue weighted by atomic mass is 9.99. The molecule has 2 rings (SSSR count). The highest BCUT2D eigenvalue weighted by Crippen LogP contribution is 2.32. The fourth-order valence-electron chi connectivity index (χ4n) is 2.97. The van der Waals surface area contributed by atoms with E-state index in [2.05, 4.69) is 55.9 Å². The Kier molecular flexibility index (Phi) is 10.2. The molecule has 6 heteroatoms. The van der Waals surface area contributed by atoms with Crippen LogP contribution >= 0.6 is 35.7 Å². The van der Waals surface area contributed by atoms with Gasteiger partial charge >= 0.3 is 0 Å². The van der Waals surface area contributed by atoms with Crippen LogP contribution in [-0.4, -0.2) is 43.3 Å². The summed E-state index contributed by atoms with van der Waals surface area (Å²) in [5.41, 5.74) is 3.88. The van der Waals surface area contributed by atoms with Crippen molar-refractivity contribution >= 4 is 41.7 Å². The maximum Gasteiger partial charge on any atom is 0.191 e. The second-order valence-corrected chi connectivity index (χ2v) is 7.75. The molecule has 142 valence electrons. The number of aliphatic imine (C=N–C) groups is 1. The second kappa shape index (κ2) is 11.3. The molecule has 0 bridgehead atoms. The first-order valence-electron chi connectivity index (χ1n) is 8.80. The number of benzene rings is 1. The summed E-state index contributed by atoms with van der Waals surface area (Å²) in [6.07, 6.45) is 4.39. The van der Waals surface area contributed by atoms with E-state index in [4.69, 9.17) is 9.73 Å². The van der Waals surface area contributed by atoms with Crippen molar-refractivity contribution in [2.24, 2.45) is 4.99 Å². The van der Waals surface area contributed by atoms with Crippen LogP contribution in [0.25, 0.3) is 0 Å². The molecule has 1 heterocycles. The van der Waals surface area contributed by atoms with Crippen LogP contribution in [0.2, 0.25) is 0 Å². The summed E-state index contributed by atoms with van der Waals surface area (Å²) in [5, 5.41) is 6.91. The molecule has 0 amide bonds. The first kappa shape index (κ1) is 22.6. The van der Waals surface area contributed by atoms with E-state index in [1.807, 2.05) is 11.8 Å². The van der Waals surface area contributed by atoms with E-state index in [1.165, 1.54) is 16.7 Å². The number of nitrogens with zero attached hydrogens (tertiary/aromatic N) is 1. The molecule has 0 spiro atoms. The zero-order valence-electron chi connectivity index (χ0n) is 15.9. The van der Waals surface area contributed by atoms with Gasteiger partial charge in [-0.05, 0) is 51.0 Å². The van der Waals surface area contributed by atoms with E-state index < -0.39 is 0 Å². The molecule has 1 aromatic carbocycles. The second-order valence-electron chi connectivity index (χ2n) is 6.48. The van der Waals surface area contributed by atoms with Gasteiger partial charge in [0.25, 0.3) is 0 Å². The van der Waals surface area contributed by atoms with E-state index in [-0.39, 0.29) is 28.7 Å². The smallest absolute Gasteiger partial charge is 0.191 e. The number of guanidine groups is 1. The molecule has 0 atom stereocenters. The summed E-state index contributed by atoms with van der Waals surface area (Å²) >= 11 is 1.95. The van der Waals surface area contributed by atoms with Gasteiger partial charge in [-0.25, -0.2) is 4.99 Å². The Morgan fingerprint density at radius 3 is 2.56 bits per heavy atom. The molecular weight excluding hydrogens is 445 g/mol. The molecule has 4 nitrogen and oxygen atoms in total. The molecule has 1 aromatic rings. The molecule has 2 N–H and O–H groups in total. The third-order valence-corrected chi connectivity index (χ3v) is 6.08. The Morgan fingerprint density at radius 2 is 1.96 bits per heavy atom. The Hall–Kier alpha value is -0.470. The van der Waals surface area contributed by atoms with Crippen molar-refractivity contribution in [1.82, 2.24) is 10.6 Å². The minimum absolute atomic E-state index is 0. The molecular formula is C19H32IN3OS. The molecule has 0 aliphatic carbocycles. The number of hydrogen-bond donors (Lipinski definition) is 2. The molecule has 0 unspecified atom stereocenters. The molecule has 0 radical (unpaired) electrons. The van der Waals surface area contributed by atoms with Crippen LogP contribution in [0.5, 0.6) is 0 Å². The Bertz CT molecular complexity index is 560. The number of thioether (sulfide) groups is 1. The van der Waals surface area contributed by atoms with E-state index in [9.17, 15) is 0 Å². The standard InChI is InChI=1S/C19H31N3OS.HI/c1-5-20-18(21-13-17-7-6-15(2)12-16(17)3)22-14-19(24-4)8-10-23-11-9-19;/h6-7,12H,5,8-11,13-14H2,1-4H3,(H2,20,21,22);1H. The van der Waals surface area contributed by atoms with Crippen LogP contribution in [0, 0.1) is 13.8 Å². The van der Waals surface area contributed by atoms with Crippen molar-refractivity contribution in [3.05, 3.63) is 34.9 Å².